The number of anilines is 1. The zero-order chi connectivity index (χ0) is 15.5. The van der Waals surface area contributed by atoms with Crippen LogP contribution in [0.3, 0.4) is 0 Å². The summed E-state index contributed by atoms with van der Waals surface area (Å²) >= 11 is 0. The zero-order valence-corrected chi connectivity index (χ0v) is 12.8. The second-order valence-electron chi connectivity index (χ2n) is 5.97. The maximum atomic E-state index is 12.1. The number of aryl methyl sites for hydroxylation is 1. The third-order valence-electron chi connectivity index (χ3n) is 2.93. The molecule has 2 aromatic rings. The van der Waals surface area contributed by atoms with Gasteiger partial charge >= 0.3 is 0 Å². The summed E-state index contributed by atoms with van der Waals surface area (Å²) in [6.45, 7) is 7.58. The predicted molar refractivity (Wildman–Crippen MR) is 83.6 cm³/mol. The zero-order valence-electron chi connectivity index (χ0n) is 12.8. The van der Waals surface area contributed by atoms with Gasteiger partial charge in [-0.1, -0.05) is 38.5 Å². The average molecular weight is 284 g/mol. The first-order chi connectivity index (χ1) is 9.86. The number of ether oxygens (including phenoxy) is 1. The molecule has 1 aromatic carbocycles. The Morgan fingerprint density at radius 3 is 2.43 bits per heavy atom. The highest BCUT2D eigenvalue weighted by Crippen LogP contribution is 2.28. The van der Waals surface area contributed by atoms with Crippen molar-refractivity contribution in [3.8, 4) is 11.5 Å². The van der Waals surface area contributed by atoms with Crippen molar-refractivity contribution in [3.63, 3.8) is 0 Å². The molecule has 1 N–H and O–H groups in total. The number of carbonyl (C=O) groups excluding carboxylic acids is 1. The smallest absolute Gasteiger partial charge is 0.231 e. The molecule has 0 aliphatic rings. The van der Waals surface area contributed by atoms with E-state index in [9.17, 15) is 4.79 Å². The van der Waals surface area contributed by atoms with E-state index in [0.29, 0.717) is 17.3 Å². The van der Waals surface area contributed by atoms with Gasteiger partial charge in [-0.05, 0) is 31.2 Å². The molecule has 0 aliphatic carbocycles. The molecule has 0 spiro atoms. The van der Waals surface area contributed by atoms with Gasteiger partial charge in [0.15, 0.2) is 11.6 Å². The molecule has 0 bridgehead atoms. The van der Waals surface area contributed by atoms with Crippen molar-refractivity contribution >= 4 is 11.7 Å². The fourth-order valence-corrected chi connectivity index (χ4v) is 1.60. The van der Waals surface area contributed by atoms with Crippen LogP contribution >= 0.6 is 0 Å². The standard InChI is InChI=1S/C17H20N2O2/c1-12-7-9-13(10-8-12)21-14-6-5-11-18-15(14)19-16(20)17(2,3)4/h5-11H,1-4H3,(H,18,19,20). The van der Waals surface area contributed by atoms with Gasteiger partial charge in [0.2, 0.25) is 5.91 Å². The first-order valence-electron chi connectivity index (χ1n) is 6.87. The number of pyridine rings is 1. The molecule has 0 fully saturated rings. The summed E-state index contributed by atoms with van der Waals surface area (Å²) in [5.74, 6) is 1.56. The van der Waals surface area contributed by atoms with Crippen LogP contribution in [0.25, 0.3) is 0 Å². The minimum absolute atomic E-state index is 0.102. The molecule has 0 saturated carbocycles. The number of benzene rings is 1. The molecule has 0 aliphatic heterocycles. The Bertz CT molecular complexity index is 628. The number of rotatable bonds is 3. The summed E-state index contributed by atoms with van der Waals surface area (Å²) in [6, 6.07) is 11.3. The van der Waals surface area contributed by atoms with E-state index in [1.54, 1.807) is 18.3 Å². The molecule has 0 radical (unpaired) electrons. The van der Waals surface area contributed by atoms with Crippen LogP contribution in [0.4, 0.5) is 5.82 Å². The van der Waals surface area contributed by atoms with E-state index in [2.05, 4.69) is 10.3 Å². The molecule has 4 nitrogen and oxygen atoms in total. The Morgan fingerprint density at radius 2 is 1.81 bits per heavy atom. The highest BCUT2D eigenvalue weighted by Gasteiger charge is 2.22. The van der Waals surface area contributed by atoms with E-state index in [1.807, 2.05) is 52.0 Å². The van der Waals surface area contributed by atoms with Gasteiger partial charge in [0.25, 0.3) is 0 Å². The molecule has 2 rings (SSSR count). The maximum absolute atomic E-state index is 12.1. The molecule has 1 amide bonds. The van der Waals surface area contributed by atoms with Gasteiger partial charge in [0.05, 0.1) is 0 Å². The van der Waals surface area contributed by atoms with Crippen LogP contribution in [-0.4, -0.2) is 10.9 Å². The number of amides is 1. The monoisotopic (exact) mass is 284 g/mol. The first-order valence-corrected chi connectivity index (χ1v) is 6.87. The van der Waals surface area contributed by atoms with E-state index in [-0.39, 0.29) is 5.91 Å². The SMILES string of the molecule is Cc1ccc(Oc2cccnc2NC(=O)C(C)(C)C)cc1. The number of carbonyl (C=O) groups is 1. The quantitative estimate of drug-likeness (QED) is 0.920. The minimum atomic E-state index is -0.487. The lowest BCUT2D eigenvalue weighted by atomic mass is 9.96. The number of nitrogens with one attached hydrogen (secondary N) is 1. The van der Waals surface area contributed by atoms with Gasteiger partial charge < -0.3 is 10.1 Å². The minimum Gasteiger partial charge on any atom is -0.453 e. The van der Waals surface area contributed by atoms with Crippen LogP contribution in [0, 0.1) is 12.3 Å². The Kier molecular flexibility index (Phi) is 4.26. The molecule has 0 atom stereocenters. The fourth-order valence-electron chi connectivity index (χ4n) is 1.60. The lowest BCUT2D eigenvalue weighted by molar-refractivity contribution is -0.123. The Labute approximate surface area is 125 Å². The number of aromatic nitrogens is 1. The molecular formula is C17H20N2O2. The summed E-state index contributed by atoms with van der Waals surface area (Å²) in [7, 11) is 0. The van der Waals surface area contributed by atoms with Crippen molar-refractivity contribution in [2.24, 2.45) is 5.41 Å². The summed E-state index contributed by atoms with van der Waals surface area (Å²) in [6.07, 6.45) is 1.63. The first kappa shape index (κ1) is 15.0. The van der Waals surface area contributed by atoms with Crippen LogP contribution in [-0.2, 0) is 4.79 Å². The Morgan fingerprint density at radius 1 is 1.14 bits per heavy atom. The van der Waals surface area contributed by atoms with Crippen LogP contribution in [0.5, 0.6) is 11.5 Å². The number of nitrogens with zero attached hydrogens (tertiary/aromatic N) is 1. The van der Waals surface area contributed by atoms with Crippen LogP contribution in [0.1, 0.15) is 26.3 Å². The molecule has 1 aromatic heterocycles. The van der Waals surface area contributed by atoms with Crippen LogP contribution in [0.2, 0.25) is 0 Å². The summed E-state index contributed by atoms with van der Waals surface area (Å²) in [4.78, 5) is 16.3. The second kappa shape index (κ2) is 5.95. The van der Waals surface area contributed by atoms with Gasteiger partial charge in [-0.25, -0.2) is 4.98 Å². The normalized spacial score (nSPS) is 11.0. The summed E-state index contributed by atoms with van der Waals surface area (Å²) < 4.78 is 5.80. The van der Waals surface area contributed by atoms with Gasteiger partial charge in [0, 0.05) is 11.6 Å². The third kappa shape index (κ3) is 4.05. The van der Waals surface area contributed by atoms with Gasteiger partial charge in [-0.2, -0.15) is 0 Å². The fraction of sp³-hybridized carbons (Fsp3) is 0.294. The van der Waals surface area contributed by atoms with E-state index in [4.69, 9.17) is 4.74 Å². The van der Waals surface area contributed by atoms with E-state index in [0.717, 1.165) is 5.56 Å². The molecule has 110 valence electrons. The molecule has 4 heteroatoms. The van der Waals surface area contributed by atoms with Crippen molar-refractivity contribution in [1.29, 1.82) is 0 Å². The Hall–Kier alpha value is -2.36. The molecule has 21 heavy (non-hydrogen) atoms. The van der Waals surface area contributed by atoms with Gasteiger partial charge in [-0.3, -0.25) is 4.79 Å². The topological polar surface area (TPSA) is 51.2 Å². The maximum Gasteiger partial charge on any atom is 0.231 e. The van der Waals surface area contributed by atoms with Crippen molar-refractivity contribution in [2.75, 3.05) is 5.32 Å². The van der Waals surface area contributed by atoms with Crippen molar-refractivity contribution in [3.05, 3.63) is 48.2 Å². The highest BCUT2D eigenvalue weighted by atomic mass is 16.5. The highest BCUT2D eigenvalue weighted by molar-refractivity contribution is 5.94. The van der Waals surface area contributed by atoms with Crippen LogP contribution in [0.15, 0.2) is 42.6 Å². The number of hydrogen-bond donors (Lipinski definition) is 1. The van der Waals surface area contributed by atoms with E-state index < -0.39 is 5.41 Å². The average Bonchev–Trinajstić information content (AvgIpc) is 2.42. The van der Waals surface area contributed by atoms with E-state index >= 15 is 0 Å². The van der Waals surface area contributed by atoms with Crippen LogP contribution < -0.4 is 10.1 Å². The van der Waals surface area contributed by atoms with E-state index in [1.165, 1.54) is 0 Å². The summed E-state index contributed by atoms with van der Waals surface area (Å²) in [5.41, 5.74) is 0.674. The van der Waals surface area contributed by atoms with Gasteiger partial charge in [-0.15, -0.1) is 0 Å². The van der Waals surface area contributed by atoms with Gasteiger partial charge in [0.1, 0.15) is 5.75 Å². The summed E-state index contributed by atoms with van der Waals surface area (Å²) in [5, 5.41) is 2.81. The van der Waals surface area contributed by atoms with Crippen molar-refractivity contribution in [2.45, 2.75) is 27.7 Å². The molecule has 0 unspecified atom stereocenters. The molecular weight excluding hydrogens is 264 g/mol. The van der Waals surface area contributed by atoms with Crippen molar-refractivity contribution < 1.29 is 9.53 Å². The lowest BCUT2D eigenvalue weighted by Crippen LogP contribution is -2.28. The largest absolute Gasteiger partial charge is 0.453 e. The third-order valence-corrected chi connectivity index (χ3v) is 2.93. The predicted octanol–water partition coefficient (Wildman–Crippen LogP) is 4.17. The second-order valence-corrected chi connectivity index (χ2v) is 5.97. The lowest BCUT2D eigenvalue weighted by Gasteiger charge is -2.18. The Balaban J connectivity index is 2.21. The molecule has 0 saturated heterocycles. The number of hydrogen-bond acceptors (Lipinski definition) is 3. The van der Waals surface area contributed by atoms with Crippen molar-refractivity contribution in [1.82, 2.24) is 4.98 Å². The molecule has 1 heterocycles.